The third kappa shape index (κ3) is 2.79. The summed E-state index contributed by atoms with van der Waals surface area (Å²) >= 11 is 3.57. The molecule has 0 atom stereocenters. The van der Waals surface area contributed by atoms with Crippen LogP contribution in [0.2, 0.25) is 0 Å². The van der Waals surface area contributed by atoms with E-state index >= 15 is 0 Å². The fourth-order valence-electron chi connectivity index (χ4n) is 1.32. The standard InChI is InChI=1S/C9H13BrSi/c1-7-3-8(2)5-9(4-7)6-11-10/h3-5H,6,11H2,1-2H3. The second kappa shape index (κ2) is 4.07. The van der Waals surface area contributed by atoms with Crippen LogP contribution in [0.4, 0.5) is 0 Å². The van der Waals surface area contributed by atoms with E-state index in [4.69, 9.17) is 0 Å². The zero-order valence-electron chi connectivity index (χ0n) is 7.02. The Morgan fingerprint density at radius 1 is 1.18 bits per heavy atom. The minimum atomic E-state index is -0.00377. The van der Waals surface area contributed by atoms with Crippen molar-refractivity contribution in [2.45, 2.75) is 19.9 Å². The molecule has 0 aliphatic rings. The van der Waals surface area contributed by atoms with Gasteiger partial charge in [-0.25, -0.2) is 0 Å². The highest BCUT2D eigenvalue weighted by molar-refractivity contribution is 9.23. The quantitative estimate of drug-likeness (QED) is 0.539. The summed E-state index contributed by atoms with van der Waals surface area (Å²) in [4.78, 5) is 0. The molecule has 0 heterocycles. The maximum atomic E-state index is 3.57. The Labute approximate surface area is 78.4 Å². The lowest BCUT2D eigenvalue weighted by Crippen LogP contribution is -1.90. The summed E-state index contributed by atoms with van der Waals surface area (Å²) in [6.45, 7) is 4.32. The number of hydrogen-bond donors (Lipinski definition) is 0. The summed E-state index contributed by atoms with van der Waals surface area (Å²) < 4.78 is 0. The van der Waals surface area contributed by atoms with Crippen LogP contribution in [0.15, 0.2) is 18.2 Å². The van der Waals surface area contributed by atoms with Crippen molar-refractivity contribution in [3.05, 3.63) is 34.9 Å². The molecule has 0 radical (unpaired) electrons. The topological polar surface area (TPSA) is 0 Å². The maximum Gasteiger partial charge on any atom is 0.103 e. The predicted molar refractivity (Wildman–Crippen MR) is 57.1 cm³/mol. The third-order valence-corrected chi connectivity index (χ3v) is 3.62. The summed E-state index contributed by atoms with van der Waals surface area (Å²) in [5, 5.41) is 0. The first kappa shape index (κ1) is 9.01. The molecule has 0 nitrogen and oxygen atoms in total. The van der Waals surface area contributed by atoms with E-state index in [2.05, 4.69) is 47.3 Å². The van der Waals surface area contributed by atoms with Crippen molar-refractivity contribution in [1.29, 1.82) is 0 Å². The highest BCUT2D eigenvalue weighted by Gasteiger charge is 1.94. The van der Waals surface area contributed by atoms with Crippen LogP contribution in [-0.2, 0) is 6.04 Å². The van der Waals surface area contributed by atoms with Gasteiger partial charge in [0.2, 0.25) is 0 Å². The summed E-state index contributed by atoms with van der Waals surface area (Å²) in [5.41, 5.74) is 4.26. The van der Waals surface area contributed by atoms with Crippen molar-refractivity contribution in [3.63, 3.8) is 0 Å². The van der Waals surface area contributed by atoms with E-state index in [-0.39, 0.29) is 8.14 Å². The lowest BCUT2D eigenvalue weighted by Gasteiger charge is -2.01. The number of rotatable bonds is 2. The number of aryl methyl sites for hydroxylation is 2. The van der Waals surface area contributed by atoms with E-state index in [1.165, 1.54) is 22.7 Å². The molecule has 1 aromatic rings. The first-order valence-corrected chi connectivity index (χ1v) is 8.75. The summed E-state index contributed by atoms with van der Waals surface area (Å²) in [7, 11) is -0.00377. The fourth-order valence-corrected chi connectivity index (χ4v) is 3.20. The van der Waals surface area contributed by atoms with Gasteiger partial charge in [0, 0.05) is 0 Å². The van der Waals surface area contributed by atoms with Crippen LogP contribution >= 0.6 is 15.3 Å². The van der Waals surface area contributed by atoms with Crippen LogP contribution < -0.4 is 0 Å². The second-order valence-electron chi connectivity index (χ2n) is 2.93. The zero-order chi connectivity index (χ0) is 8.27. The number of halogens is 1. The molecule has 0 aromatic heterocycles. The van der Waals surface area contributed by atoms with E-state index < -0.39 is 0 Å². The zero-order valence-corrected chi connectivity index (χ0v) is 10.0. The summed E-state index contributed by atoms with van der Waals surface area (Å²) in [6.07, 6.45) is 0. The van der Waals surface area contributed by atoms with Crippen LogP contribution in [0.1, 0.15) is 16.7 Å². The van der Waals surface area contributed by atoms with Crippen LogP contribution in [0.5, 0.6) is 0 Å². The molecule has 0 unspecified atom stereocenters. The van der Waals surface area contributed by atoms with Gasteiger partial charge in [-0.05, 0) is 25.5 Å². The molecule has 1 rings (SSSR count). The number of benzene rings is 1. The van der Waals surface area contributed by atoms with Crippen LogP contribution in [-0.4, -0.2) is 8.14 Å². The van der Waals surface area contributed by atoms with Gasteiger partial charge >= 0.3 is 0 Å². The van der Waals surface area contributed by atoms with E-state index in [1.807, 2.05) is 0 Å². The Bertz CT molecular complexity index is 225. The Morgan fingerprint density at radius 2 is 1.73 bits per heavy atom. The maximum absolute atomic E-state index is 3.57. The van der Waals surface area contributed by atoms with Crippen molar-refractivity contribution in [3.8, 4) is 0 Å². The third-order valence-electron chi connectivity index (χ3n) is 1.66. The van der Waals surface area contributed by atoms with Gasteiger partial charge in [0.15, 0.2) is 0 Å². The average Bonchev–Trinajstić information content (AvgIpc) is 1.85. The van der Waals surface area contributed by atoms with Gasteiger partial charge < -0.3 is 0 Å². The first-order chi connectivity index (χ1) is 5.22. The van der Waals surface area contributed by atoms with Gasteiger partial charge in [-0.15, -0.1) is 15.3 Å². The van der Waals surface area contributed by atoms with E-state index in [1.54, 1.807) is 0 Å². The minimum absolute atomic E-state index is 0.00377. The molecule has 60 valence electrons. The van der Waals surface area contributed by atoms with Crippen LogP contribution in [0.25, 0.3) is 0 Å². The fraction of sp³-hybridized carbons (Fsp3) is 0.333. The molecule has 0 saturated carbocycles. The van der Waals surface area contributed by atoms with Crippen molar-refractivity contribution in [2.75, 3.05) is 0 Å². The van der Waals surface area contributed by atoms with E-state index in [9.17, 15) is 0 Å². The molecular formula is C9H13BrSi. The van der Waals surface area contributed by atoms with Gasteiger partial charge in [-0.2, -0.15) is 0 Å². The summed E-state index contributed by atoms with van der Waals surface area (Å²) in [5.74, 6) is 0. The molecule has 0 N–H and O–H groups in total. The van der Waals surface area contributed by atoms with Crippen molar-refractivity contribution in [1.82, 2.24) is 0 Å². The van der Waals surface area contributed by atoms with Crippen molar-refractivity contribution < 1.29 is 0 Å². The normalized spacial score (nSPS) is 11.2. The second-order valence-corrected chi connectivity index (χ2v) is 6.19. The highest BCUT2D eigenvalue weighted by Crippen LogP contribution is 2.09. The lowest BCUT2D eigenvalue weighted by molar-refractivity contribution is 1.29. The minimum Gasteiger partial charge on any atom is -0.135 e. The first-order valence-electron chi connectivity index (χ1n) is 3.85. The van der Waals surface area contributed by atoms with Gasteiger partial charge in [-0.1, -0.05) is 29.3 Å². The van der Waals surface area contributed by atoms with E-state index in [0.29, 0.717) is 0 Å². The van der Waals surface area contributed by atoms with E-state index in [0.717, 1.165) is 0 Å². The molecule has 0 bridgehead atoms. The van der Waals surface area contributed by atoms with Crippen LogP contribution in [0.3, 0.4) is 0 Å². The van der Waals surface area contributed by atoms with Gasteiger partial charge in [-0.3, -0.25) is 0 Å². The highest BCUT2D eigenvalue weighted by atomic mass is 79.9. The smallest absolute Gasteiger partial charge is 0.103 e. The molecule has 0 saturated heterocycles. The molecule has 0 spiro atoms. The van der Waals surface area contributed by atoms with Gasteiger partial charge in [0.05, 0.1) is 0 Å². The van der Waals surface area contributed by atoms with Crippen LogP contribution in [0, 0.1) is 13.8 Å². The monoisotopic (exact) mass is 228 g/mol. The van der Waals surface area contributed by atoms with Gasteiger partial charge in [0.25, 0.3) is 0 Å². The Kier molecular flexibility index (Phi) is 3.33. The molecule has 0 aliphatic carbocycles. The molecular weight excluding hydrogens is 216 g/mol. The Balaban J connectivity index is 2.89. The lowest BCUT2D eigenvalue weighted by atomic mass is 10.1. The SMILES string of the molecule is Cc1cc(C)cc(C[SiH2]Br)c1. The number of hydrogen-bond acceptors (Lipinski definition) is 0. The predicted octanol–water partition coefficient (Wildman–Crippen LogP) is 2.28. The van der Waals surface area contributed by atoms with Crippen molar-refractivity contribution in [2.24, 2.45) is 0 Å². The average molecular weight is 229 g/mol. The molecule has 0 amide bonds. The Hall–Kier alpha value is -0.0831. The van der Waals surface area contributed by atoms with Crippen molar-refractivity contribution >= 4 is 23.4 Å². The summed E-state index contributed by atoms with van der Waals surface area (Å²) in [6, 6.07) is 8.05. The molecule has 0 aliphatic heterocycles. The molecule has 2 heteroatoms. The largest absolute Gasteiger partial charge is 0.135 e. The molecule has 1 aromatic carbocycles. The van der Waals surface area contributed by atoms with Gasteiger partial charge in [0.1, 0.15) is 8.14 Å². The molecule has 11 heavy (non-hydrogen) atoms. The molecule has 0 fully saturated rings. The Morgan fingerprint density at radius 3 is 2.18 bits per heavy atom.